The molecule has 2 amide bonds. The number of benzene rings is 2. The van der Waals surface area contributed by atoms with Crippen LogP contribution in [-0.4, -0.2) is 28.1 Å². The molecule has 2 N–H and O–H groups in total. The average Bonchev–Trinajstić information content (AvgIpc) is 3.19. The van der Waals surface area contributed by atoms with E-state index in [-0.39, 0.29) is 22.4 Å². The van der Waals surface area contributed by atoms with Gasteiger partial charge in [-0.3, -0.25) is 14.9 Å². The van der Waals surface area contributed by atoms with Crippen LogP contribution in [0.3, 0.4) is 0 Å². The lowest BCUT2D eigenvalue weighted by Crippen LogP contribution is -2.47. The molecule has 10 heteroatoms. The Morgan fingerprint density at radius 2 is 1.74 bits per heavy atom. The molecule has 0 aliphatic carbocycles. The van der Waals surface area contributed by atoms with Crippen molar-refractivity contribution in [1.29, 1.82) is 0 Å². The van der Waals surface area contributed by atoms with Crippen molar-refractivity contribution in [3.05, 3.63) is 63.9 Å². The molecule has 31 heavy (non-hydrogen) atoms. The van der Waals surface area contributed by atoms with E-state index >= 15 is 0 Å². The molecule has 0 fully saturated rings. The monoisotopic (exact) mass is 480 g/mol. The van der Waals surface area contributed by atoms with Gasteiger partial charge in [0.1, 0.15) is 16.9 Å². The number of hydrogen-bond acceptors (Lipinski definition) is 5. The predicted octanol–water partition coefficient (Wildman–Crippen LogP) is 5.43. The van der Waals surface area contributed by atoms with Crippen molar-refractivity contribution >= 4 is 51.5 Å². The number of hydrogen-bond donors (Lipinski definition) is 2. The van der Waals surface area contributed by atoms with Gasteiger partial charge in [0, 0.05) is 21.2 Å². The van der Waals surface area contributed by atoms with Gasteiger partial charge in [-0.1, -0.05) is 54.8 Å². The zero-order chi connectivity index (χ0) is 22.5. The van der Waals surface area contributed by atoms with Gasteiger partial charge >= 0.3 is 0 Å². The third-order valence-corrected chi connectivity index (χ3v) is 5.98. The summed E-state index contributed by atoms with van der Waals surface area (Å²) in [6.45, 7) is 3.78. The average molecular weight is 481 g/mol. The lowest BCUT2D eigenvalue weighted by Gasteiger charge is -2.23. The van der Waals surface area contributed by atoms with Crippen LogP contribution in [0.5, 0.6) is 0 Å². The summed E-state index contributed by atoms with van der Waals surface area (Å²) in [4.78, 5) is 25.6. The summed E-state index contributed by atoms with van der Waals surface area (Å²) < 4.78 is 13.1. The molecule has 1 heterocycles. The number of anilines is 1. The Hall–Kier alpha value is -2.55. The van der Waals surface area contributed by atoms with Gasteiger partial charge in [0.05, 0.1) is 0 Å². The van der Waals surface area contributed by atoms with E-state index in [0.29, 0.717) is 27.0 Å². The molecular weight excluding hydrogens is 462 g/mol. The first kappa shape index (κ1) is 23.1. The van der Waals surface area contributed by atoms with Gasteiger partial charge in [-0.05, 0) is 48.4 Å². The van der Waals surface area contributed by atoms with Gasteiger partial charge in [0.25, 0.3) is 5.91 Å². The van der Waals surface area contributed by atoms with Crippen LogP contribution in [0.2, 0.25) is 10.0 Å². The second kappa shape index (κ2) is 10.2. The highest BCUT2D eigenvalue weighted by molar-refractivity contribution is 7.18. The first-order valence-corrected chi connectivity index (χ1v) is 11.0. The minimum atomic E-state index is -0.812. The van der Waals surface area contributed by atoms with Crippen LogP contribution in [0.15, 0.2) is 42.5 Å². The molecule has 2 atom stereocenters. The molecule has 0 aliphatic rings. The summed E-state index contributed by atoms with van der Waals surface area (Å²) in [5, 5.41) is 14.9. The molecule has 0 bridgehead atoms. The Bertz CT molecular complexity index is 1070. The van der Waals surface area contributed by atoms with Crippen LogP contribution in [0.1, 0.15) is 30.6 Å². The van der Waals surface area contributed by atoms with Crippen LogP contribution in [0.4, 0.5) is 9.52 Å². The number of rotatable bonds is 7. The topological polar surface area (TPSA) is 84.0 Å². The molecule has 6 nitrogen and oxygen atoms in total. The van der Waals surface area contributed by atoms with Crippen molar-refractivity contribution in [1.82, 2.24) is 15.5 Å². The molecule has 0 aliphatic heterocycles. The minimum absolute atomic E-state index is 0.150. The maximum atomic E-state index is 13.1. The summed E-state index contributed by atoms with van der Waals surface area (Å²) in [5.41, 5.74) is 0.942. The van der Waals surface area contributed by atoms with Crippen molar-refractivity contribution < 1.29 is 14.0 Å². The van der Waals surface area contributed by atoms with Crippen LogP contribution < -0.4 is 10.6 Å². The highest BCUT2D eigenvalue weighted by Gasteiger charge is 2.27. The summed E-state index contributed by atoms with van der Waals surface area (Å²) in [6, 6.07) is 9.49. The lowest BCUT2D eigenvalue weighted by atomic mass is 9.98. The van der Waals surface area contributed by atoms with Gasteiger partial charge < -0.3 is 5.32 Å². The second-order valence-corrected chi connectivity index (χ2v) is 8.75. The van der Waals surface area contributed by atoms with Crippen molar-refractivity contribution in [3.63, 3.8) is 0 Å². The molecule has 3 aromatic rings. The third-order valence-electron chi connectivity index (χ3n) is 4.65. The van der Waals surface area contributed by atoms with Gasteiger partial charge in [-0.15, -0.1) is 10.2 Å². The van der Waals surface area contributed by atoms with Gasteiger partial charge in [0.2, 0.25) is 11.0 Å². The number of halogens is 3. The lowest BCUT2D eigenvalue weighted by molar-refractivity contribution is -0.119. The molecule has 0 saturated heterocycles. The standard InChI is InChI=1S/C21H19Cl2FN4O2S/c1-3-11(2)17(25-18(29)13-8-14(22)10-15(23)9-13)19(30)26-21-28-27-20(31-21)12-4-6-16(24)7-5-12/h4-11,17H,3H2,1-2H3,(H,25,29)(H,26,28,30). The number of nitrogens with zero attached hydrogens (tertiary/aromatic N) is 2. The maximum Gasteiger partial charge on any atom is 0.252 e. The number of nitrogens with one attached hydrogen (secondary N) is 2. The third kappa shape index (κ3) is 6.00. The second-order valence-electron chi connectivity index (χ2n) is 6.90. The fourth-order valence-electron chi connectivity index (χ4n) is 2.78. The van der Waals surface area contributed by atoms with E-state index in [1.165, 1.54) is 30.3 Å². The molecule has 0 radical (unpaired) electrons. The molecular formula is C21H19Cl2FN4O2S. The molecule has 2 aromatic carbocycles. The van der Waals surface area contributed by atoms with E-state index in [4.69, 9.17) is 23.2 Å². The Balaban J connectivity index is 1.74. The van der Waals surface area contributed by atoms with Crippen molar-refractivity contribution in [2.24, 2.45) is 5.92 Å². The fourth-order valence-corrected chi connectivity index (χ4v) is 4.06. The highest BCUT2D eigenvalue weighted by Crippen LogP contribution is 2.27. The summed E-state index contributed by atoms with van der Waals surface area (Å²) in [6.07, 6.45) is 0.658. The fraction of sp³-hybridized carbons (Fsp3) is 0.238. The normalized spacial score (nSPS) is 12.8. The predicted molar refractivity (Wildman–Crippen MR) is 121 cm³/mol. The molecule has 162 valence electrons. The van der Waals surface area contributed by atoms with E-state index in [2.05, 4.69) is 20.8 Å². The first-order chi connectivity index (χ1) is 14.8. The van der Waals surface area contributed by atoms with Crippen LogP contribution in [-0.2, 0) is 4.79 Å². The molecule has 0 spiro atoms. The Morgan fingerprint density at radius 1 is 1.10 bits per heavy atom. The number of amides is 2. The SMILES string of the molecule is CCC(C)C(NC(=O)c1cc(Cl)cc(Cl)c1)C(=O)Nc1nnc(-c2ccc(F)cc2)s1. The maximum absolute atomic E-state index is 13.1. The first-order valence-electron chi connectivity index (χ1n) is 9.44. The van der Waals surface area contributed by atoms with Crippen molar-refractivity contribution in [3.8, 4) is 10.6 Å². The van der Waals surface area contributed by atoms with Crippen molar-refractivity contribution in [2.45, 2.75) is 26.3 Å². The van der Waals surface area contributed by atoms with E-state index in [1.54, 1.807) is 12.1 Å². The van der Waals surface area contributed by atoms with E-state index < -0.39 is 17.9 Å². The van der Waals surface area contributed by atoms with Crippen LogP contribution in [0.25, 0.3) is 10.6 Å². The zero-order valence-corrected chi connectivity index (χ0v) is 19.0. The number of aromatic nitrogens is 2. The molecule has 2 unspecified atom stereocenters. The Morgan fingerprint density at radius 3 is 2.35 bits per heavy atom. The van der Waals surface area contributed by atoms with Crippen molar-refractivity contribution in [2.75, 3.05) is 5.32 Å². The number of carbonyl (C=O) groups excluding carboxylic acids is 2. The zero-order valence-electron chi connectivity index (χ0n) is 16.7. The van der Waals surface area contributed by atoms with Gasteiger partial charge in [0.15, 0.2) is 0 Å². The summed E-state index contributed by atoms with van der Waals surface area (Å²) in [7, 11) is 0. The Labute approximate surface area is 192 Å². The van der Waals surface area contributed by atoms with Gasteiger partial charge in [-0.25, -0.2) is 4.39 Å². The Kier molecular flexibility index (Phi) is 7.59. The van der Waals surface area contributed by atoms with Gasteiger partial charge in [-0.2, -0.15) is 0 Å². The van der Waals surface area contributed by atoms with Crippen LogP contribution >= 0.6 is 34.5 Å². The van der Waals surface area contributed by atoms with E-state index in [9.17, 15) is 14.0 Å². The quantitative estimate of drug-likeness (QED) is 0.471. The summed E-state index contributed by atoms with van der Waals surface area (Å²) in [5.74, 6) is -1.38. The van der Waals surface area contributed by atoms with Crippen LogP contribution in [0, 0.1) is 11.7 Å². The molecule has 1 aromatic heterocycles. The van der Waals surface area contributed by atoms with E-state index in [1.807, 2.05) is 13.8 Å². The highest BCUT2D eigenvalue weighted by atomic mass is 35.5. The number of carbonyl (C=O) groups is 2. The smallest absolute Gasteiger partial charge is 0.252 e. The van der Waals surface area contributed by atoms with E-state index in [0.717, 1.165) is 11.3 Å². The molecule has 0 saturated carbocycles. The largest absolute Gasteiger partial charge is 0.340 e. The summed E-state index contributed by atoms with van der Waals surface area (Å²) >= 11 is 13.1. The minimum Gasteiger partial charge on any atom is -0.340 e. The molecule has 3 rings (SSSR count).